The van der Waals surface area contributed by atoms with Crippen molar-refractivity contribution in [1.82, 2.24) is 9.97 Å². The van der Waals surface area contributed by atoms with Crippen LogP contribution in [0.5, 0.6) is 0 Å². The normalized spacial score (nSPS) is 17.5. The van der Waals surface area contributed by atoms with Gasteiger partial charge in [0, 0.05) is 16.0 Å². The monoisotopic (exact) mass is 397 g/mol. The summed E-state index contributed by atoms with van der Waals surface area (Å²) in [6, 6.07) is 7.85. The number of carbonyl (C=O) groups excluding carboxylic acids is 1. The highest BCUT2D eigenvalue weighted by atomic mass is 32.2. The Kier molecular flexibility index (Phi) is 5.19. The summed E-state index contributed by atoms with van der Waals surface area (Å²) in [5, 5.41) is 4.91. The van der Waals surface area contributed by atoms with Crippen LogP contribution in [-0.2, 0) is 17.6 Å². The maximum Gasteiger partial charge on any atom is 0.237 e. The third-order valence-corrected chi connectivity index (χ3v) is 7.38. The van der Waals surface area contributed by atoms with E-state index in [4.69, 9.17) is 0 Å². The van der Waals surface area contributed by atoms with Gasteiger partial charge in [-0.05, 0) is 56.2 Å². The highest BCUT2D eigenvalue weighted by Crippen LogP contribution is 2.41. The molecular formula is C21H23N3OS2. The van der Waals surface area contributed by atoms with Gasteiger partial charge in [-0.25, -0.2) is 9.97 Å². The number of aryl methyl sites for hydroxylation is 2. The number of thiophene rings is 1. The Bertz CT molecular complexity index is 998. The molecule has 2 heterocycles. The lowest BCUT2D eigenvalue weighted by atomic mass is 9.89. The molecule has 2 atom stereocenters. The number of fused-ring (bicyclic) bond motifs is 3. The first-order valence-corrected chi connectivity index (χ1v) is 11.0. The summed E-state index contributed by atoms with van der Waals surface area (Å²) in [6.45, 7) is 6.25. The number of amides is 1. The molecule has 140 valence electrons. The second-order valence-corrected chi connectivity index (χ2v) is 9.69. The molecule has 0 radical (unpaired) electrons. The van der Waals surface area contributed by atoms with Gasteiger partial charge in [0.2, 0.25) is 5.91 Å². The fourth-order valence-electron chi connectivity index (χ4n) is 3.50. The van der Waals surface area contributed by atoms with E-state index < -0.39 is 0 Å². The van der Waals surface area contributed by atoms with Crippen LogP contribution in [0.4, 0.5) is 5.69 Å². The molecule has 1 N–H and O–H groups in total. The molecule has 3 aromatic rings. The predicted octanol–water partition coefficient (Wildman–Crippen LogP) is 5.24. The van der Waals surface area contributed by atoms with Crippen LogP contribution in [0, 0.1) is 12.8 Å². The number of aromatic nitrogens is 2. The van der Waals surface area contributed by atoms with Crippen molar-refractivity contribution in [3.05, 3.63) is 46.6 Å². The van der Waals surface area contributed by atoms with E-state index in [-0.39, 0.29) is 11.2 Å². The molecular weight excluding hydrogens is 374 g/mol. The Morgan fingerprint density at radius 2 is 2.15 bits per heavy atom. The van der Waals surface area contributed by atoms with E-state index in [9.17, 15) is 4.79 Å². The van der Waals surface area contributed by atoms with Crippen LogP contribution in [-0.4, -0.2) is 21.1 Å². The molecule has 0 unspecified atom stereocenters. The highest BCUT2D eigenvalue weighted by molar-refractivity contribution is 8.00. The molecule has 1 aromatic carbocycles. The van der Waals surface area contributed by atoms with Gasteiger partial charge in [-0.3, -0.25) is 4.79 Å². The Hall–Kier alpha value is -1.92. The van der Waals surface area contributed by atoms with Crippen molar-refractivity contribution in [2.24, 2.45) is 5.92 Å². The zero-order chi connectivity index (χ0) is 19.0. The van der Waals surface area contributed by atoms with E-state index >= 15 is 0 Å². The van der Waals surface area contributed by atoms with Crippen LogP contribution < -0.4 is 5.32 Å². The number of rotatable bonds is 4. The number of hydrogen-bond donors (Lipinski definition) is 1. The van der Waals surface area contributed by atoms with Crippen molar-refractivity contribution < 1.29 is 4.79 Å². The number of anilines is 1. The van der Waals surface area contributed by atoms with Gasteiger partial charge in [0.15, 0.2) is 0 Å². The first kappa shape index (κ1) is 18.4. The van der Waals surface area contributed by atoms with Crippen molar-refractivity contribution in [3.63, 3.8) is 0 Å². The van der Waals surface area contributed by atoms with Crippen LogP contribution in [0.3, 0.4) is 0 Å². The van der Waals surface area contributed by atoms with Crippen molar-refractivity contribution in [2.45, 2.75) is 50.3 Å². The topological polar surface area (TPSA) is 54.9 Å². The summed E-state index contributed by atoms with van der Waals surface area (Å²) < 4.78 is 0. The number of benzene rings is 1. The molecule has 0 spiro atoms. The average molecular weight is 398 g/mol. The van der Waals surface area contributed by atoms with Crippen molar-refractivity contribution in [3.8, 4) is 0 Å². The predicted molar refractivity (Wildman–Crippen MR) is 114 cm³/mol. The van der Waals surface area contributed by atoms with Gasteiger partial charge in [-0.1, -0.05) is 36.9 Å². The molecule has 27 heavy (non-hydrogen) atoms. The molecule has 0 fully saturated rings. The molecule has 0 saturated carbocycles. The average Bonchev–Trinajstić information content (AvgIpc) is 3.01. The molecule has 2 aromatic heterocycles. The highest BCUT2D eigenvalue weighted by Gasteiger charge is 2.25. The quantitative estimate of drug-likeness (QED) is 0.483. The van der Waals surface area contributed by atoms with E-state index in [0.29, 0.717) is 0 Å². The van der Waals surface area contributed by atoms with Crippen LogP contribution in [0.25, 0.3) is 10.2 Å². The fourth-order valence-corrected chi connectivity index (χ4v) is 5.87. The Labute approximate surface area is 167 Å². The second kappa shape index (κ2) is 7.60. The number of hydrogen-bond acceptors (Lipinski definition) is 5. The SMILES string of the molecule is Cc1ccccc1NC(=O)[C@@H](C)Sc1ncnc2sc3c(c12)CC[C@H](C)C3. The van der Waals surface area contributed by atoms with Gasteiger partial charge in [0.05, 0.1) is 5.25 Å². The molecule has 4 rings (SSSR count). The molecule has 0 bridgehead atoms. The van der Waals surface area contributed by atoms with Crippen LogP contribution in [0.2, 0.25) is 0 Å². The summed E-state index contributed by atoms with van der Waals surface area (Å²) in [4.78, 5) is 24.2. The summed E-state index contributed by atoms with van der Waals surface area (Å²) >= 11 is 3.32. The first-order chi connectivity index (χ1) is 13.0. The third kappa shape index (κ3) is 3.73. The van der Waals surface area contributed by atoms with Crippen LogP contribution >= 0.6 is 23.1 Å². The number of nitrogens with zero attached hydrogens (tertiary/aromatic N) is 2. The maximum absolute atomic E-state index is 12.7. The minimum absolute atomic E-state index is 0.00113. The summed E-state index contributed by atoms with van der Waals surface area (Å²) in [5.74, 6) is 0.729. The van der Waals surface area contributed by atoms with E-state index in [1.807, 2.05) is 38.1 Å². The Morgan fingerprint density at radius 3 is 2.96 bits per heavy atom. The zero-order valence-electron chi connectivity index (χ0n) is 15.8. The molecule has 0 aliphatic heterocycles. The van der Waals surface area contributed by atoms with E-state index in [1.54, 1.807) is 17.7 Å². The smallest absolute Gasteiger partial charge is 0.237 e. The van der Waals surface area contributed by atoms with Gasteiger partial charge < -0.3 is 5.32 Å². The molecule has 6 heteroatoms. The lowest BCUT2D eigenvalue weighted by Gasteiger charge is -2.18. The zero-order valence-corrected chi connectivity index (χ0v) is 17.4. The standard InChI is InChI=1S/C21H23N3OS2/c1-12-8-9-15-17(10-12)27-21-18(15)20(22-11-23-21)26-14(3)19(25)24-16-7-5-4-6-13(16)2/h4-7,11-12,14H,8-10H2,1-3H3,(H,24,25)/t12-,14+/m0/s1. The molecule has 0 saturated heterocycles. The summed E-state index contributed by atoms with van der Waals surface area (Å²) in [5.41, 5.74) is 3.33. The van der Waals surface area contributed by atoms with Gasteiger partial charge in [-0.15, -0.1) is 11.3 Å². The second-order valence-electron chi connectivity index (χ2n) is 7.27. The number of carbonyl (C=O) groups is 1. The van der Waals surface area contributed by atoms with Crippen LogP contribution in [0.1, 0.15) is 36.3 Å². The van der Waals surface area contributed by atoms with Gasteiger partial charge in [0.1, 0.15) is 16.2 Å². The molecule has 1 aliphatic carbocycles. The molecule has 1 aliphatic rings. The third-order valence-electron chi connectivity index (χ3n) is 5.12. The largest absolute Gasteiger partial charge is 0.325 e. The minimum Gasteiger partial charge on any atom is -0.325 e. The maximum atomic E-state index is 12.7. The number of para-hydroxylation sites is 1. The Balaban J connectivity index is 1.58. The van der Waals surface area contributed by atoms with Gasteiger partial charge in [-0.2, -0.15) is 0 Å². The van der Waals surface area contributed by atoms with Crippen molar-refractivity contribution in [2.75, 3.05) is 5.32 Å². The summed E-state index contributed by atoms with van der Waals surface area (Å²) in [7, 11) is 0. The van der Waals surface area contributed by atoms with Gasteiger partial charge >= 0.3 is 0 Å². The number of nitrogens with one attached hydrogen (secondary N) is 1. The minimum atomic E-state index is -0.235. The van der Waals surface area contributed by atoms with E-state index in [2.05, 4.69) is 22.2 Å². The number of thioether (sulfide) groups is 1. The summed E-state index contributed by atoms with van der Waals surface area (Å²) in [6.07, 6.45) is 5.05. The molecule has 1 amide bonds. The van der Waals surface area contributed by atoms with Crippen molar-refractivity contribution >= 4 is 44.9 Å². The fraction of sp³-hybridized carbons (Fsp3) is 0.381. The van der Waals surface area contributed by atoms with E-state index in [0.717, 1.165) is 39.9 Å². The van der Waals surface area contributed by atoms with E-state index in [1.165, 1.54) is 34.0 Å². The Morgan fingerprint density at radius 1 is 1.33 bits per heavy atom. The van der Waals surface area contributed by atoms with Crippen LogP contribution in [0.15, 0.2) is 35.6 Å². The molecule has 4 nitrogen and oxygen atoms in total. The lowest BCUT2D eigenvalue weighted by molar-refractivity contribution is -0.115. The first-order valence-electron chi connectivity index (χ1n) is 9.31. The van der Waals surface area contributed by atoms with Gasteiger partial charge in [0.25, 0.3) is 0 Å². The van der Waals surface area contributed by atoms with Crippen molar-refractivity contribution in [1.29, 1.82) is 0 Å². The lowest BCUT2D eigenvalue weighted by Crippen LogP contribution is -2.23.